The van der Waals surface area contributed by atoms with Gasteiger partial charge in [0.15, 0.2) is 0 Å². The first-order chi connectivity index (χ1) is 13.3. The van der Waals surface area contributed by atoms with E-state index in [-0.39, 0.29) is 11.8 Å². The fraction of sp³-hybridized carbons (Fsp3) is 0.368. The molecule has 1 fully saturated rings. The van der Waals surface area contributed by atoms with E-state index in [1.807, 2.05) is 29.6 Å². The van der Waals surface area contributed by atoms with Crippen molar-refractivity contribution in [1.29, 1.82) is 0 Å². The van der Waals surface area contributed by atoms with E-state index in [2.05, 4.69) is 25.3 Å². The summed E-state index contributed by atoms with van der Waals surface area (Å²) in [6.07, 6.45) is 5.32. The van der Waals surface area contributed by atoms with Crippen molar-refractivity contribution in [2.75, 3.05) is 13.1 Å². The Labute approximate surface area is 161 Å². The molecule has 0 aromatic carbocycles. The number of aromatic nitrogens is 3. The quantitative estimate of drug-likeness (QED) is 0.705. The Hall–Kier alpha value is -2.58. The SMILES string of the molecule is O=C(NCc1cccs1)C1CCCN(Cc2nc(-c3cccnc3)no2)C1. The van der Waals surface area contributed by atoms with Gasteiger partial charge >= 0.3 is 0 Å². The van der Waals surface area contributed by atoms with E-state index in [4.69, 9.17) is 4.52 Å². The molecule has 0 bridgehead atoms. The minimum Gasteiger partial charge on any atom is -0.351 e. The van der Waals surface area contributed by atoms with Crippen molar-refractivity contribution in [3.05, 3.63) is 52.8 Å². The van der Waals surface area contributed by atoms with Crippen molar-refractivity contribution >= 4 is 17.2 Å². The van der Waals surface area contributed by atoms with Crippen LogP contribution in [-0.2, 0) is 17.9 Å². The molecule has 0 saturated carbocycles. The second kappa shape index (κ2) is 8.41. The molecule has 3 aromatic heterocycles. The number of pyridine rings is 1. The van der Waals surface area contributed by atoms with Crippen molar-refractivity contribution in [2.24, 2.45) is 5.92 Å². The topological polar surface area (TPSA) is 84.2 Å². The molecule has 1 unspecified atom stereocenters. The first-order valence-corrected chi connectivity index (χ1v) is 9.91. The monoisotopic (exact) mass is 383 g/mol. The Morgan fingerprint density at radius 1 is 1.37 bits per heavy atom. The number of carbonyl (C=O) groups is 1. The lowest BCUT2D eigenvalue weighted by Gasteiger charge is -2.30. The number of amides is 1. The lowest BCUT2D eigenvalue weighted by Crippen LogP contribution is -2.42. The van der Waals surface area contributed by atoms with Crippen LogP contribution in [0.4, 0.5) is 0 Å². The van der Waals surface area contributed by atoms with Crippen LogP contribution in [0.25, 0.3) is 11.4 Å². The van der Waals surface area contributed by atoms with E-state index >= 15 is 0 Å². The highest BCUT2D eigenvalue weighted by molar-refractivity contribution is 7.09. The van der Waals surface area contributed by atoms with Crippen LogP contribution in [0, 0.1) is 5.92 Å². The van der Waals surface area contributed by atoms with Crippen LogP contribution in [0.5, 0.6) is 0 Å². The normalized spacial score (nSPS) is 17.7. The summed E-state index contributed by atoms with van der Waals surface area (Å²) in [5.41, 5.74) is 0.831. The largest absolute Gasteiger partial charge is 0.351 e. The molecule has 7 nitrogen and oxygen atoms in total. The number of hydrogen-bond acceptors (Lipinski definition) is 7. The average molecular weight is 383 g/mol. The predicted molar refractivity (Wildman–Crippen MR) is 102 cm³/mol. The van der Waals surface area contributed by atoms with Gasteiger partial charge in [0.05, 0.1) is 19.0 Å². The number of rotatable bonds is 6. The molecule has 1 N–H and O–H groups in total. The molecule has 8 heteroatoms. The van der Waals surface area contributed by atoms with Gasteiger partial charge < -0.3 is 9.84 Å². The predicted octanol–water partition coefficient (Wildman–Crippen LogP) is 2.72. The fourth-order valence-electron chi connectivity index (χ4n) is 3.27. The first kappa shape index (κ1) is 17.8. The van der Waals surface area contributed by atoms with Gasteiger partial charge in [0, 0.05) is 29.4 Å². The van der Waals surface area contributed by atoms with Gasteiger partial charge in [0.2, 0.25) is 17.6 Å². The third-order valence-electron chi connectivity index (χ3n) is 4.64. The summed E-state index contributed by atoms with van der Waals surface area (Å²) in [6.45, 7) is 2.80. The number of nitrogens with one attached hydrogen (secondary N) is 1. The Morgan fingerprint density at radius 3 is 3.15 bits per heavy atom. The van der Waals surface area contributed by atoms with Crippen LogP contribution < -0.4 is 5.32 Å². The van der Waals surface area contributed by atoms with E-state index in [9.17, 15) is 4.79 Å². The Morgan fingerprint density at radius 2 is 2.33 bits per heavy atom. The molecule has 4 heterocycles. The van der Waals surface area contributed by atoms with Gasteiger partial charge in [0.1, 0.15) is 0 Å². The minimum atomic E-state index is -0.000530. The molecule has 0 radical (unpaired) electrons. The summed E-state index contributed by atoms with van der Waals surface area (Å²) < 4.78 is 5.38. The first-order valence-electron chi connectivity index (χ1n) is 9.03. The number of nitrogens with zero attached hydrogens (tertiary/aromatic N) is 4. The van der Waals surface area contributed by atoms with E-state index in [0.29, 0.717) is 31.3 Å². The van der Waals surface area contributed by atoms with E-state index < -0.39 is 0 Å². The molecule has 1 amide bonds. The Balaban J connectivity index is 1.32. The summed E-state index contributed by atoms with van der Waals surface area (Å²) in [5, 5.41) is 9.11. The number of piperidine rings is 1. The fourth-order valence-corrected chi connectivity index (χ4v) is 3.91. The van der Waals surface area contributed by atoms with Crippen molar-refractivity contribution in [3.8, 4) is 11.4 Å². The lowest BCUT2D eigenvalue weighted by atomic mass is 9.97. The third-order valence-corrected chi connectivity index (χ3v) is 5.52. The molecular weight excluding hydrogens is 362 g/mol. The van der Waals surface area contributed by atoms with Crippen LogP contribution in [0.1, 0.15) is 23.6 Å². The maximum Gasteiger partial charge on any atom is 0.241 e. The van der Waals surface area contributed by atoms with Crippen LogP contribution in [0.15, 0.2) is 46.6 Å². The zero-order chi connectivity index (χ0) is 18.5. The van der Waals surface area contributed by atoms with Gasteiger partial charge in [0.25, 0.3) is 0 Å². The zero-order valence-electron chi connectivity index (χ0n) is 14.9. The smallest absolute Gasteiger partial charge is 0.241 e. The second-order valence-electron chi connectivity index (χ2n) is 6.62. The van der Waals surface area contributed by atoms with Gasteiger partial charge in [-0.2, -0.15) is 4.98 Å². The second-order valence-corrected chi connectivity index (χ2v) is 7.66. The molecule has 1 aliphatic rings. The van der Waals surface area contributed by atoms with Gasteiger partial charge in [-0.05, 0) is 43.0 Å². The highest BCUT2D eigenvalue weighted by Crippen LogP contribution is 2.20. The highest BCUT2D eigenvalue weighted by Gasteiger charge is 2.26. The van der Waals surface area contributed by atoms with E-state index in [0.717, 1.165) is 24.9 Å². The number of thiophene rings is 1. The third kappa shape index (κ3) is 4.58. The van der Waals surface area contributed by atoms with E-state index in [1.165, 1.54) is 4.88 Å². The molecule has 140 valence electrons. The van der Waals surface area contributed by atoms with Crippen LogP contribution in [0.3, 0.4) is 0 Å². The van der Waals surface area contributed by atoms with Crippen molar-refractivity contribution in [1.82, 2.24) is 25.3 Å². The molecule has 0 aliphatic carbocycles. The highest BCUT2D eigenvalue weighted by atomic mass is 32.1. The van der Waals surface area contributed by atoms with Crippen molar-refractivity contribution in [2.45, 2.75) is 25.9 Å². The molecule has 3 aromatic rings. The summed E-state index contributed by atoms with van der Waals surface area (Å²) >= 11 is 1.66. The molecule has 27 heavy (non-hydrogen) atoms. The zero-order valence-corrected chi connectivity index (χ0v) is 15.7. The molecule has 1 aliphatic heterocycles. The minimum absolute atomic E-state index is 0.000530. The Bertz CT molecular complexity index is 865. The molecule has 4 rings (SSSR count). The van der Waals surface area contributed by atoms with Crippen LogP contribution >= 0.6 is 11.3 Å². The lowest BCUT2D eigenvalue weighted by molar-refractivity contribution is -0.127. The summed E-state index contributed by atoms with van der Waals surface area (Å²) in [4.78, 5) is 24.4. The summed E-state index contributed by atoms with van der Waals surface area (Å²) in [6, 6.07) is 7.78. The molecule has 1 saturated heterocycles. The van der Waals surface area contributed by atoms with E-state index in [1.54, 1.807) is 23.7 Å². The van der Waals surface area contributed by atoms with Gasteiger partial charge in [-0.15, -0.1) is 11.3 Å². The maximum absolute atomic E-state index is 12.5. The standard InChI is InChI=1S/C19H21N5O2S/c25-19(21-11-16-6-3-9-27-16)15-5-2-8-24(12-15)13-17-22-18(23-26-17)14-4-1-7-20-10-14/h1,3-4,6-7,9-10,15H,2,5,8,11-13H2,(H,21,25). The summed E-state index contributed by atoms with van der Waals surface area (Å²) in [7, 11) is 0. The molecular formula is C19H21N5O2S. The summed E-state index contributed by atoms with van der Waals surface area (Å²) in [5.74, 6) is 1.22. The van der Waals surface area contributed by atoms with Gasteiger partial charge in [-0.3, -0.25) is 14.7 Å². The molecule has 1 atom stereocenters. The van der Waals surface area contributed by atoms with Crippen LogP contribution in [0.2, 0.25) is 0 Å². The van der Waals surface area contributed by atoms with Crippen molar-refractivity contribution in [3.63, 3.8) is 0 Å². The van der Waals surface area contributed by atoms with Crippen molar-refractivity contribution < 1.29 is 9.32 Å². The number of likely N-dealkylation sites (tertiary alicyclic amines) is 1. The average Bonchev–Trinajstić information content (AvgIpc) is 3.39. The number of hydrogen-bond donors (Lipinski definition) is 1. The van der Waals surface area contributed by atoms with Gasteiger partial charge in [-0.1, -0.05) is 11.2 Å². The maximum atomic E-state index is 12.5. The Kier molecular flexibility index (Phi) is 5.55. The number of carbonyl (C=O) groups excluding carboxylic acids is 1. The van der Waals surface area contributed by atoms with Crippen LogP contribution in [-0.4, -0.2) is 39.0 Å². The van der Waals surface area contributed by atoms with Gasteiger partial charge in [-0.25, -0.2) is 0 Å². The molecule has 0 spiro atoms.